The van der Waals surface area contributed by atoms with E-state index in [0.29, 0.717) is 19.6 Å². The lowest BCUT2D eigenvalue weighted by Gasteiger charge is -2.21. The third-order valence-corrected chi connectivity index (χ3v) is 4.66. The van der Waals surface area contributed by atoms with Gasteiger partial charge in [0.15, 0.2) is 0 Å². The van der Waals surface area contributed by atoms with Crippen LogP contribution in [0.3, 0.4) is 0 Å². The van der Waals surface area contributed by atoms with E-state index in [2.05, 4.69) is 28.1 Å². The van der Waals surface area contributed by atoms with E-state index in [9.17, 15) is 4.79 Å². The molecule has 2 rings (SSSR count). The Morgan fingerprint density at radius 2 is 1.95 bits per heavy atom. The molecule has 0 spiro atoms. The Balaban J connectivity index is 0.00000220. The second kappa shape index (κ2) is 9.20. The molecular formula is C15H18BrClN2OS. The van der Waals surface area contributed by atoms with Gasteiger partial charge < -0.3 is 10.6 Å². The topological polar surface area (TPSA) is 46.3 Å². The molecule has 114 valence electrons. The van der Waals surface area contributed by atoms with E-state index >= 15 is 0 Å². The Hall–Kier alpha value is -0.880. The number of nitrogens with two attached hydrogens (primary N) is 1. The number of carbonyl (C=O) groups is 1. The Morgan fingerprint density at radius 1 is 1.24 bits per heavy atom. The van der Waals surface area contributed by atoms with Gasteiger partial charge in [-0.1, -0.05) is 30.3 Å². The van der Waals surface area contributed by atoms with Crippen LogP contribution in [0.5, 0.6) is 0 Å². The van der Waals surface area contributed by atoms with Gasteiger partial charge in [0.1, 0.15) is 0 Å². The molecule has 2 aromatic rings. The van der Waals surface area contributed by atoms with Crippen molar-refractivity contribution in [3.05, 3.63) is 56.7 Å². The maximum absolute atomic E-state index is 12.4. The van der Waals surface area contributed by atoms with E-state index in [4.69, 9.17) is 5.73 Å². The number of carbonyl (C=O) groups excluding carboxylic acids is 1. The molecule has 0 saturated carbocycles. The average Bonchev–Trinajstić information content (AvgIpc) is 2.90. The van der Waals surface area contributed by atoms with Gasteiger partial charge >= 0.3 is 0 Å². The van der Waals surface area contributed by atoms with Crippen molar-refractivity contribution in [2.45, 2.75) is 6.42 Å². The molecule has 1 aromatic carbocycles. The number of hydrogen-bond acceptors (Lipinski definition) is 3. The minimum atomic E-state index is 0. The summed E-state index contributed by atoms with van der Waals surface area (Å²) in [7, 11) is 0. The molecular weight excluding hydrogens is 372 g/mol. The number of hydrogen-bond donors (Lipinski definition) is 1. The van der Waals surface area contributed by atoms with Gasteiger partial charge in [-0.15, -0.1) is 23.7 Å². The van der Waals surface area contributed by atoms with Gasteiger partial charge in [-0.25, -0.2) is 0 Å². The quantitative estimate of drug-likeness (QED) is 0.821. The molecule has 0 aliphatic carbocycles. The fourth-order valence-corrected chi connectivity index (χ4v) is 3.35. The number of thiophene rings is 1. The predicted octanol–water partition coefficient (Wildman–Crippen LogP) is 3.58. The van der Waals surface area contributed by atoms with Crippen molar-refractivity contribution in [2.24, 2.45) is 5.73 Å². The summed E-state index contributed by atoms with van der Waals surface area (Å²) in [6, 6.07) is 12.0. The summed E-state index contributed by atoms with van der Waals surface area (Å²) < 4.78 is 0.946. The van der Waals surface area contributed by atoms with Crippen LogP contribution < -0.4 is 5.73 Å². The summed E-state index contributed by atoms with van der Waals surface area (Å²) in [4.78, 5) is 15.0. The highest BCUT2D eigenvalue weighted by molar-refractivity contribution is 9.10. The van der Waals surface area contributed by atoms with Crippen molar-refractivity contribution in [2.75, 3.05) is 19.6 Å². The standard InChI is InChI=1S/C15H17BrN2OS.ClH/c16-13-10-14(20-11-13)15(19)18(9-7-17)8-6-12-4-2-1-3-5-12;/h1-5,10-11H,6-9,17H2;1H. The molecule has 21 heavy (non-hydrogen) atoms. The highest BCUT2D eigenvalue weighted by atomic mass is 79.9. The molecule has 1 amide bonds. The molecule has 6 heteroatoms. The van der Waals surface area contributed by atoms with Crippen LogP contribution in [-0.2, 0) is 6.42 Å². The number of rotatable bonds is 6. The van der Waals surface area contributed by atoms with Gasteiger partial charge in [0.25, 0.3) is 5.91 Å². The number of halogens is 2. The van der Waals surface area contributed by atoms with Gasteiger partial charge in [-0.2, -0.15) is 0 Å². The fourth-order valence-electron chi connectivity index (χ4n) is 1.96. The van der Waals surface area contributed by atoms with Crippen LogP contribution in [0, 0.1) is 0 Å². The number of amides is 1. The van der Waals surface area contributed by atoms with E-state index < -0.39 is 0 Å². The molecule has 3 nitrogen and oxygen atoms in total. The third-order valence-electron chi connectivity index (χ3n) is 2.98. The Morgan fingerprint density at radius 3 is 2.52 bits per heavy atom. The van der Waals surface area contributed by atoms with Gasteiger partial charge in [0.05, 0.1) is 4.88 Å². The number of nitrogens with zero attached hydrogens (tertiary/aromatic N) is 1. The molecule has 0 radical (unpaired) electrons. The highest BCUT2D eigenvalue weighted by Gasteiger charge is 2.16. The van der Waals surface area contributed by atoms with E-state index in [-0.39, 0.29) is 18.3 Å². The van der Waals surface area contributed by atoms with Crippen molar-refractivity contribution in [1.82, 2.24) is 4.90 Å². The summed E-state index contributed by atoms with van der Waals surface area (Å²) in [5, 5.41) is 1.92. The van der Waals surface area contributed by atoms with Crippen molar-refractivity contribution >= 4 is 45.6 Å². The average molecular weight is 390 g/mol. The number of benzene rings is 1. The largest absolute Gasteiger partial charge is 0.336 e. The van der Waals surface area contributed by atoms with Gasteiger partial charge in [0.2, 0.25) is 0 Å². The molecule has 0 atom stereocenters. The summed E-state index contributed by atoms with van der Waals surface area (Å²) >= 11 is 4.83. The lowest BCUT2D eigenvalue weighted by atomic mass is 10.1. The van der Waals surface area contributed by atoms with E-state index in [1.165, 1.54) is 16.9 Å². The molecule has 0 aliphatic heterocycles. The summed E-state index contributed by atoms with van der Waals surface area (Å²) in [6.07, 6.45) is 0.846. The van der Waals surface area contributed by atoms with Crippen LogP contribution in [0.1, 0.15) is 15.2 Å². The minimum Gasteiger partial charge on any atom is -0.336 e. The SMILES string of the molecule is Cl.NCCN(CCc1ccccc1)C(=O)c1cc(Br)cs1. The molecule has 0 bridgehead atoms. The van der Waals surface area contributed by atoms with Gasteiger partial charge in [-0.3, -0.25) is 4.79 Å². The molecule has 0 unspecified atom stereocenters. The van der Waals surface area contributed by atoms with Crippen LogP contribution in [0.15, 0.2) is 46.3 Å². The lowest BCUT2D eigenvalue weighted by molar-refractivity contribution is 0.0767. The smallest absolute Gasteiger partial charge is 0.264 e. The Bertz CT molecular complexity index is 562. The Labute approximate surface area is 143 Å². The summed E-state index contributed by atoms with van der Waals surface area (Å²) in [5.74, 6) is 0.0575. The predicted molar refractivity (Wildman–Crippen MR) is 94.4 cm³/mol. The molecule has 2 N–H and O–H groups in total. The molecule has 0 fully saturated rings. The first kappa shape index (κ1) is 18.2. The molecule has 1 aromatic heterocycles. The maximum Gasteiger partial charge on any atom is 0.264 e. The second-order valence-corrected chi connectivity index (χ2v) is 6.27. The first-order valence-corrected chi connectivity index (χ1v) is 8.15. The zero-order chi connectivity index (χ0) is 14.4. The Kier molecular flexibility index (Phi) is 7.96. The second-order valence-electron chi connectivity index (χ2n) is 4.45. The molecule has 0 aliphatic rings. The first-order chi connectivity index (χ1) is 9.70. The third kappa shape index (κ3) is 5.43. The van der Waals surface area contributed by atoms with E-state index in [0.717, 1.165) is 15.8 Å². The zero-order valence-corrected chi connectivity index (χ0v) is 14.7. The summed E-state index contributed by atoms with van der Waals surface area (Å²) in [5.41, 5.74) is 6.85. The van der Waals surface area contributed by atoms with Crippen LogP contribution in [0.4, 0.5) is 0 Å². The van der Waals surface area contributed by atoms with Crippen LogP contribution >= 0.6 is 39.7 Å². The van der Waals surface area contributed by atoms with Crippen molar-refractivity contribution in [3.8, 4) is 0 Å². The normalized spacial score (nSPS) is 10.0. The summed E-state index contributed by atoms with van der Waals surface area (Å²) in [6.45, 7) is 1.75. The first-order valence-electron chi connectivity index (χ1n) is 6.48. The van der Waals surface area contributed by atoms with Crippen LogP contribution in [0.2, 0.25) is 0 Å². The van der Waals surface area contributed by atoms with Gasteiger partial charge in [0, 0.05) is 29.5 Å². The monoisotopic (exact) mass is 388 g/mol. The lowest BCUT2D eigenvalue weighted by Crippen LogP contribution is -2.36. The van der Waals surface area contributed by atoms with E-state index in [1.807, 2.05) is 34.5 Å². The van der Waals surface area contributed by atoms with Crippen molar-refractivity contribution in [1.29, 1.82) is 0 Å². The van der Waals surface area contributed by atoms with Crippen molar-refractivity contribution in [3.63, 3.8) is 0 Å². The van der Waals surface area contributed by atoms with Crippen LogP contribution in [-0.4, -0.2) is 30.4 Å². The zero-order valence-electron chi connectivity index (χ0n) is 11.5. The fraction of sp³-hybridized carbons (Fsp3) is 0.267. The van der Waals surface area contributed by atoms with Crippen LogP contribution in [0.25, 0.3) is 0 Å². The highest BCUT2D eigenvalue weighted by Crippen LogP contribution is 2.21. The van der Waals surface area contributed by atoms with Gasteiger partial charge in [-0.05, 0) is 34.0 Å². The van der Waals surface area contributed by atoms with Crippen molar-refractivity contribution < 1.29 is 4.79 Å². The molecule has 0 saturated heterocycles. The van der Waals surface area contributed by atoms with E-state index in [1.54, 1.807) is 0 Å². The molecule has 1 heterocycles. The maximum atomic E-state index is 12.4. The minimum absolute atomic E-state index is 0.